The standard InChI is InChI=1S/C19H24N6O3S/c20-16-5-7-25(8-6-16)29(27,28)17-3-1-13(2-4-17)10-22-19(26)15-9-14-12-23-24-18(14)21-11-15/h1-4,9,11-12,14,16,18,24H,5-8,10,20H2,(H,22,26). The van der Waals surface area contributed by atoms with Crippen LogP contribution in [0, 0.1) is 5.92 Å². The third kappa shape index (κ3) is 4.24. The van der Waals surface area contributed by atoms with E-state index >= 15 is 0 Å². The molecule has 0 aromatic heterocycles. The lowest BCUT2D eigenvalue weighted by Crippen LogP contribution is -2.42. The summed E-state index contributed by atoms with van der Waals surface area (Å²) >= 11 is 0. The van der Waals surface area contributed by atoms with Crippen molar-refractivity contribution < 1.29 is 13.2 Å². The first-order chi connectivity index (χ1) is 13.9. The fourth-order valence-corrected chi connectivity index (χ4v) is 4.98. The molecule has 4 N–H and O–H groups in total. The molecular formula is C19H24N6O3S. The number of hydrogen-bond donors (Lipinski definition) is 3. The molecule has 10 heteroatoms. The van der Waals surface area contributed by atoms with Crippen molar-refractivity contribution in [2.24, 2.45) is 21.7 Å². The number of hydrogen-bond acceptors (Lipinski definition) is 7. The molecule has 1 fully saturated rings. The Morgan fingerprint density at radius 3 is 2.69 bits per heavy atom. The predicted molar refractivity (Wildman–Crippen MR) is 110 cm³/mol. The number of nitrogens with zero attached hydrogens (tertiary/aromatic N) is 3. The Kier molecular flexibility index (Phi) is 5.48. The molecule has 4 rings (SSSR count). The number of aliphatic imine (C=N–C) groups is 1. The van der Waals surface area contributed by atoms with Crippen LogP contribution in [0.1, 0.15) is 18.4 Å². The van der Waals surface area contributed by atoms with Crippen molar-refractivity contribution in [3.05, 3.63) is 41.5 Å². The summed E-state index contributed by atoms with van der Waals surface area (Å²) in [6.07, 6.45) is 6.31. The summed E-state index contributed by atoms with van der Waals surface area (Å²) < 4.78 is 27.0. The Hall–Kier alpha value is -2.56. The van der Waals surface area contributed by atoms with Crippen LogP contribution in [0.5, 0.6) is 0 Å². The Labute approximate surface area is 169 Å². The average molecular weight is 417 g/mol. The number of carbonyl (C=O) groups is 1. The Balaban J connectivity index is 1.35. The summed E-state index contributed by atoms with van der Waals surface area (Å²) in [5, 5.41) is 6.79. The number of nitrogens with one attached hydrogen (secondary N) is 2. The summed E-state index contributed by atoms with van der Waals surface area (Å²) in [7, 11) is -3.51. The molecule has 0 spiro atoms. The van der Waals surface area contributed by atoms with Gasteiger partial charge in [-0.1, -0.05) is 18.2 Å². The molecule has 3 aliphatic rings. The lowest BCUT2D eigenvalue weighted by molar-refractivity contribution is -0.117. The van der Waals surface area contributed by atoms with Crippen LogP contribution in [-0.2, 0) is 21.4 Å². The van der Waals surface area contributed by atoms with Gasteiger partial charge in [0.2, 0.25) is 10.0 Å². The number of carbonyl (C=O) groups excluding carboxylic acids is 1. The number of fused-ring (bicyclic) bond motifs is 1. The third-order valence-corrected chi connectivity index (χ3v) is 7.25. The van der Waals surface area contributed by atoms with Crippen LogP contribution >= 0.6 is 0 Å². The van der Waals surface area contributed by atoms with Gasteiger partial charge in [0.25, 0.3) is 5.91 Å². The highest BCUT2D eigenvalue weighted by Gasteiger charge is 2.28. The minimum absolute atomic E-state index is 0.0189. The number of nitrogens with two attached hydrogens (primary N) is 1. The molecule has 29 heavy (non-hydrogen) atoms. The number of dihydropyridines is 1. The maximum Gasteiger partial charge on any atom is 0.252 e. The summed E-state index contributed by atoms with van der Waals surface area (Å²) in [4.78, 5) is 16.9. The zero-order chi connectivity index (χ0) is 20.4. The number of amides is 1. The van der Waals surface area contributed by atoms with Crippen molar-refractivity contribution in [2.75, 3.05) is 13.1 Å². The first-order valence-electron chi connectivity index (χ1n) is 9.60. The van der Waals surface area contributed by atoms with Crippen LogP contribution in [0.3, 0.4) is 0 Å². The number of hydrazone groups is 1. The smallest absolute Gasteiger partial charge is 0.252 e. The quantitative estimate of drug-likeness (QED) is 0.620. The van der Waals surface area contributed by atoms with Crippen molar-refractivity contribution in [1.82, 2.24) is 15.0 Å². The molecule has 9 nitrogen and oxygen atoms in total. The highest BCUT2D eigenvalue weighted by atomic mass is 32.2. The Bertz CT molecular complexity index is 962. The molecule has 1 amide bonds. The van der Waals surface area contributed by atoms with Gasteiger partial charge in [-0.15, -0.1) is 0 Å². The van der Waals surface area contributed by atoms with Gasteiger partial charge in [-0.05, 0) is 30.5 Å². The topological polar surface area (TPSA) is 129 Å². The van der Waals surface area contributed by atoms with E-state index in [0.717, 1.165) is 5.56 Å². The van der Waals surface area contributed by atoms with Gasteiger partial charge in [-0.2, -0.15) is 9.41 Å². The normalized spacial score (nSPS) is 24.7. The second-order valence-electron chi connectivity index (χ2n) is 7.40. The first kappa shape index (κ1) is 19.7. The van der Waals surface area contributed by atoms with E-state index in [-0.39, 0.29) is 28.9 Å². The third-order valence-electron chi connectivity index (χ3n) is 5.34. The average Bonchev–Trinajstić information content (AvgIpc) is 3.20. The minimum Gasteiger partial charge on any atom is -0.348 e. The van der Waals surface area contributed by atoms with Crippen LogP contribution in [-0.4, -0.2) is 56.4 Å². The monoisotopic (exact) mass is 416 g/mol. The number of benzene rings is 1. The molecule has 0 bridgehead atoms. The van der Waals surface area contributed by atoms with E-state index < -0.39 is 10.0 Å². The van der Waals surface area contributed by atoms with Crippen LogP contribution in [0.2, 0.25) is 0 Å². The van der Waals surface area contributed by atoms with Crippen molar-refractivity contribution in [1.29, 1.82) is 0 Å². The van der Waals surface area contributed by atoms with Gasteiger partial charge in [0.15, 0.2) is 0 Å². The molecule has 2 atom stereocenters. The van der Waals surface area contributed by atoms with Crippen LogP contribution < -0.4 is 16.5 Å². The molecule has 0 saturated carbocycles. The SMILES string of the molecule is NC1CCN(S(=O)(=O)c2ccc(CNC(=O)C3=CC4C=NNC4N=C3)cc2)CC1. The molecule has 154 valence electrons. The summed E-state index contributed by atoms with van der Waals surface area (Å²) in [5.41, 5.74) is 10.0. The van der Waals surface area contributed by atoms with Crippen LogP contribution in [0.4, 0.5) is 0 Å². The van der Waals surface area contributed by atoms with E-state index in [0.29, 0.717) is 38.0 Å². The lowest BCUT2D eigenvalue weighted by atomic mass is 10.0. The summed E-state index contributed by atoms with van der Waals surface area (Å²) in [6.45, 7) is 1.18. The van der Waals surface area contributed by atoms with Crippen LogP contribution in [0.15, 0.2) is 50.9 Å². The molecule has 3 aliphatic heterocycles. The van der Waals surface area contributed by atoms with E-state index in [1.807, 2.05) is 6.08 Å². The summed E-state index contributed by atoms with van der Waals surface area (Å²) in [6, 6.07) is 6.67. The van der Waals surface area contributed by atoms with E-state index in [2.05, 4.69) is 20.8 Å². The highest BCUT2D eigenvalue weighted by Crippen LogP contribution is 2.21. The van der Waals surface area contributed by atoms with E-state index in [1.165, 1.54) is 4.31 Å². The summed E-state index contributed by atoms with van der Waals surface area (Å²) in [5.74, 6) is -0.247. The van der Waals surface area contributed by atoms with Crippen molar-refractivity contribution >= 4 is 28.4 Å². The number of piperidine rings is 1. The van der Waals surface area contributed by atoms with Gasteiger partial charge in [0, 0.05) is 38.1 Å². The molecule has 0 aliphatic carbocycles. The van der Waals surface area contributed by atoms with Crippen molar-refractivity contribution in [2.45, 2.75) is 36.5 Å². The zero-order valence-corrected chi connectivity index (χ0v) is 16.7. The van der Waals surface area contributed by atoms with Gasteiger partial charge >= 0.3 is 0 Å². The van der Waals surface area contributed by atoms with Crippen molar-refractivity contribution in [3.63, 3.8) is 0 Å². The number of sulfonamides is 1. The van der Waals surface area contributed by atoms with E-state index in [4.69, 9.17) is 5.73 Å². The van der Waals surface area contributed by atoms with Gasteiger partial charge in [-0.25, -0.2) is 8.42 Å². The second-order valence-corrected chi connectivity index (χ2v) is 9.34. The van der Waals surface area contributed by atoms with E-state index in [9.17, 15) is 13.2 Å². The molecule has 3 heterocycles. The second kappa shape index (κ2) is 8.05. The minimum atomic E-state index is -3.51. The molecule has 0 radical (unpaired) electrons. The first-order valence-corrected chi connectivity index (χ1v) is 11.0. The molecule has 1 saturated heterocycles. The Morgan fingerprint density at radius 2 is 1.97 bits per heavy atom. The molecular weight excluding hydrogens is 392 g/mol. The molecule has 1 aromatic rings. The zero-order valence-electron chi connectivity index (χ0n) is 15.9. The van der Waals surface area contributed by atoms with Crippen LogP contribution in [0.25, 0.3) is 0 Å². The van der Waals surface area contributed by atoms with Gasteiger partial charge < -0.3 is 11.1 Å². The Morgan fingerprint density at radius 1 is 1.24 bits per heavy atom. The largest absolute Gasteiger partial charge is 0.348 e. The fourth-order valence-electron chi connectivity index (χ4n) is 3.51. The predicted octanol–water partition coefficient (Wildman–Crippen LogP) is -0.0433. The van der Waals surface area contributed by atoms with E-state index in [1.54, 1.807) is 36.7 Å². The van der Waals surface area contributed by atoms with Gasteiger partial charge in [0.1, 0.15) is 6.17 Å². The van der Waals surface area contributed by atoms with Gasteiger partial charge in [-0.3, -0.25) is 15.2 Å². The fraction of sp³-hybridized carbons (Fsp3) is 0.421. The molecule has 2 unspecified atom stereocenters. The maximum atomic E-state index is 12.7. The maximum absolute atomic E-state index is 12.7. The number of rotatable bonds is 5. The van der Waals surface area contributed by atoms with Gasteiger partial charge in [0.05, 0.1) is 16.4 Å². The van der Waals surface area contributed by atoms with Crippen molar-refractivity contribution in [3.8, 4) is 0 Å². The highest BCUT2D eigenvalue weighted by molar-refractivity contribution is 7.89. The molecule has 1 aromatic carbocycles. The lowest BCUT2D eigenvalue weighted by Gasteiger charge is -2.29.